The van der Waals surface area contributed by atoms with Crippen molar-refractivity contribution >= 4 is 17.6 Å². The minimum Gasteiger partial charge on any atom is -0.378 e. The summed E-state index contributed by atoms with van der Waals surface area (Å²) in [4.78, 5) is 27.5. The zero-order valence-corrected chi connectivity index (χ0v) is 20.4. The fraction of sp³-hybridized carbons (Fsp3) is 0.429. The van der Waals surface area contributed by atoms with Gasteiger partial charge in [0.25, 0.3) is 5.91 Å². The van der Waals surface area contributed by atoms with Crippen LogP contribution in [0.25, 0.3) is 0 Å². The molecule has 0 unspecified atom stereocenters. The van der Waals surface area contributed by atoms with Gasteiger partial charge in [-0.2, -0.15) is 0 Å². The molecule has 0 N–H and O–H groups in total. The van der Waals surface area contributed by atoms with Gasteiger partial charge in [0.15, 0.2) is 0 Å². The van der Waals surface area contributed by atoms with E-state index in [0.29, 0.717) is 13.1 Å². The second kappa shape index (κ2) is 9.47. The summed E-state index contributed by atoms with van der Waals surface area (Å²) in [5, 5.41) is 0. The third-order valence-electron chi connectivity index (χ3n) is 7.59. The van der Waals surface area contributed by atoms with Crippen molar-refractivity contribution in [1.82, 2.24) is 14.7 Å². The number of guanidine groups is 1. The Morgan fingerprint density at radius 2 is 1.74 bits per heavy atom. The van der Waals surface area contributed by atoms with Crippen molar-refractivity contribution in [2.45, 2.75) is 26.4 Å². The first-order valence-corrected chi connectivity index (χ1v) is 12.7. The third kappa shape index (κ3) is 4.34. The summed E-state index contributed by atoms with van der Waals surface area (Å²) in [6.07, 6.45) is 0.893. The molecule has 4 aliphatic rings. The molecule has 0 spiro atoms. The van der Waals surface area contributed by atoms with Crippen LogP contribution >= 0.6 is 0 Å². The van der Waals surface area contributed by atoms with Crippen LogP contribution in [0, 0.1) is 6.92 Å². The van der Waals surface area contributed by atoms with Gasteiger partial charge in [-0.15, -0.1) is 0 Å². The van der Waals surface area contributed by atoms with Crippen molar-refractivity contribution in [2.75, 3.05) is 57.4 Å². The van der Waals surface area contributed by atoms with E-state index in [4.69, 9.17) is 9.73 Å². The van der Waals surface area contributed by atoms with E-state index in [1.54, 1.807) is 0 Å². The normalized spacial score (nSPS) is 20.8. The Morgan fingerprint density at radius 1 is 0.943 bits per heavy atom. The minimum absolute atomic E-state index is 0.118. The highest BCUT2D eigenvalue weighted by Crippen LogP contribution is 2.32. The number of aliphatic imine (C=N–C) groups is 1. The molecule has 4 aliphatic heterocycles. The summed E-state index contributed by atoms with van der Waals surface area (Å²) in [6, 6.07) is 17.2. The van der Waals surface area contributed by atoms with Crippen molar-refractivity contribution in [3.8, 4) is 0 Å². The molecule has 6 rings (SSSR count). The van der Waals surface area contributed by atoms with E-state index < -0.39 is 0 Å². The van der Waals surface area contributed by atoms with Crippen LogP contribution in [-0.4, -0.2) is 79.0 Å². The number of morpholine rings is 1. The zero-order chi connectivity index (χ0) is 23.8. The number of rotatable bonds is 5. The lowest BCUT2D eigenvalue weighted by atomic mass is 9.99. The number of fused-ring (bicyclic) bond motifs is 2. The van der Waals surface area contributed by atoms with Crippen LogP contribution in [0.4, 0.5) is 5.69 Å². The molecule has 0 aromatic heterocycles. The maximum absolute atomic E-state index is 13.8. The Bertz CT molecular complexity index is 1170. The highest BCUT2D eigenvalue weighted by atomic mass is 16.5. The molecule has 1 amide bonds. The van der Waals surface area contributed by atoms with Crippen molar-refractivity contribution < 1.29 is 9.53 Å². The lowest BCUT2D eigenvalue weighted by Crippen LogP contribution is -2.53. The van der Waals surface area contributed by atoms with Gasteiger partial charge >= 0.3 is 0 Å². The smallest absolute Gasteiger partial charge is 0.259 e. The lowest BCUT2D eigenvalue weighted by molar-refractivity contribution is -0.125. The summed E-state index contributed by atoms with van der Waals surface area (Å²) in [5.41, 5.74) is 7.05. The van der Waals surface area contributed by atoms with Crippen molar-refractivity contribution in [2.24, 2.45) is 4.99 Å². The van der Waals surface area contributed by atoms with E-state index in [-0.39, 0.29) is 5.91 Å². The Kier molecular flexibility index (Phi) is 6.04. The molecule has 2 aromatic carbocycles. The quantitative estimate of drug-likeness (QED) is 0.671. The number of amides is 1. The fourth-order valence-corrected chi connectivity index (χ4v) is 5.60. The van der Waals surface area contributed by atoms with Crippen molar-refractivity contribution in [3.63, 3.8) is 0 Å². The lowest BCUT2D eigenvalue weighted by Gasteiger charge is -2.42. The molecule has 0 bridgehead atoms. The number of benzene rings is 2. The minimum atomic E-state index is 0.118. The molecule has 0 atom stereocenters. The average molecular weight is 472 g/mol. The predicted molar refractivity (Wildman–Crippen MR) is 137 cm³/mol. The molecule has 4 heterocycles. The van der Waals surface area contributed by atoms with E-state index in [0.717, 1.165) is 70.4 Å². The van der Waals surface area contributed by atoms with E-state index in [9.17, 15) is 4.79 Å². The predicted octanol–water partition coefficient (Wildman–Crippen LogP) is 3.01. The van der Waals surface area contributed by atoms with Gasteiger partial charge in [0.05, 0.1) is 31.9 Å². The number of hydrogen-bond acceptors (Lipinski definition) is 6. The summed E-state index contributed by atoms with van der Waals surface area (Å²) in [7, 11) is 0. The highest BCUT2D eigenvalue weighted by molar-refractivity contribution is 6.09. The van der Waals surface area contributed by atoms with E-state index >= 15 is 0 Å². The fourth-order valence-electron chi connectivity index (χ4n) is 5.60. The second-order valence-electron chi connectivity index (χ2n) is 9.80. The number of carbonyl (C=O) groups excluding carboxylic acids is 1. The number of nitrogens with zero attached hydrogens (tertiary/aromatic N) is 5. The first-order valence-electron chi connectivity index (χ1n) is 12.7. The van der Waals surface area contributed by atoms with Crippen molar-refractivity contribution in [3.05, 3.63) is 76.5 Å². The second-order valence-corrected chi connectivity index (χ2v) is 9.80. The van der Waals surface area contributed by atoms with Gasteiger partial charge in [-0.3, -0.25) is 19.6 Å². The van der Waals surface area contributed by atoms with Crippen LogP contribution < -0.4 is 4.90 Å². The van der Waals surface area contributed by atoms with Crippen LogP contribution in [0.3, 0.4) is 0 Å². The summed E-state index contributed by atoms with van der Waals surface area (Å²) >= 11 is 0. The maximum Gasteiger partial charge on any atom is 0.259 e. The highest BCUT2D eigenvalue weighted by Gasteiger charge is 2.41. The molecule has 0 saturated carbocycles. The average Bonchev–Trinajstić information content (AvgIpc) is 3.39. The summed E-state index contributed by atoms with van der Waals surface area (Å²) < 4.78 is 5.48. The van der Waals surface area contributed by atoms with E-state index in [2.05, 4.69) is 58.0 Å². The monoisotopic (exact) mass is 471 g/mol. The first kappa shape index (κ1) is 22.3. The van der Waals surface area contributed by atoms with E-state index in [1.165, 1.54) is 28.1 Å². The van der Waals surface area contributed by atoms with Gasteiger partial charge < -0.3 is 14.5 Å². The van der Waals surface area contributed by atoms with Crippen LogP contribution in [0.2, 0.25) is 0 Å². The van der Waals surface area contributed by atoms with Crippen molar-refractivity contribution in [1.29, 1.82) is 0 Å². The molecule has 1 fully saturated rings. The molecule has 0 aliphatic carbocycles. The van der Waals surface area contributed by atoms with Gasteiger partial charge in [0, 0.05) is 57.1 Å². The van der Waals surface area contributed by atoms with Crippen LogP contribution in [-0.2, 0) is 22.6 Å². The van der Waals surface area contributed by atoms with Crippen LogP contribution in [0.15, 0.2) is 64.8 Å². The molecule has 7 nitrogen and oxygen atoms in total. The number of ether oxygens (including phenoxy) is 1. The molecular weight excluding hydrogens is 438 g/mol. The number of aryl methyl sites for hydroxylation is 1. The Morgan fingerprint density at radius 3 is 2.54 bits per heavy atom. The van der Waals surface area contributed by atoms with Crippen LogP contribution in [0.5, 0.6) is 0 Å². The number of carbonyl (C=O) groups is 1. The first-order chi connectivity index (χ1) is 17.2. The molecule has 35 heavy (non-hydrogen) atoms. The van der Waals surface area contributed by atoms with Gasteiger partial charge in [0.1, 0.15) is 0 Å². The molecule has 0 radical (unpaired) electrons. The van der Waals surface area contributed by atoms with Gasteiger partial charge in [-0.1, -0.05) is 36.4 Å². The van der Waals surface area contributed by atoms with Gasteiger partial charge in [-0.05, 0) is 35.7 Å². The Hall–Kier alpha value is -3.16. The number of anilines is 1. The molecule has 1 saturated heterocycles. The summed E-state index contributed by atoms with van der Waals surface area (Å²) in [6.45, 7) is 10.3. The topological polar surface area (TPSA) is 51.6 Å². The summed E-state index contributed by atoms with van der Waals surface area (Å²) in [5.74, 6) is 0.955. The zero-order valence-electron chi connectivity index (χ0n) is 20.4. The molecule has 182 valence electrons. The van der Waals surface area contributed by atoms with Gasteiger partial charge in [-0.25, -0.2) is 0 Å². The standard InChI is InChI=1S/C28H33N5O2/c1-21-4-2-3-5-23(21)19-33-27(34)25-20-30(12-10-26(25)32-13-11-29-28(32)33)18-22-6-8-24(9-7-22)31-14-16-35-17-15-31/h2-9H,10-20H2,1H3. The van der Waals surface area contributed by atoms with E-state index in [1.807, 2.05) is 17.0 Å². The molecule has 2 aromatic rings. The largest absolute Gasteiger partial charge is 0.378 e. The maximum atomic E-state index is 13.8. The third-order valence-corrected chi connectivity index (χ3v) is 7.59. The molecular formula is C28H33N5O2. The Labute approximate surface area is 207 Å². The molecule has 7 heteroatoms. The Balaban J connectivity index is 1.18. The van der Waals surface area contributed by atoms with Crippen LogP contribution in [0.1, 0.15) is 23.1 Å². The van der Waals surface area contributed by atoms with Gasteiger partial charge in [0.2, 0.25) is 5.96 Å². The SMILES string of the molecule is Cc1ccccc1CN1C(=O)C2=C(CCN(Cc3ccc(N4CCOCC4)cc3)C2)N2CCN=C12. The number of hydrogen-bond donors (Lipinski definition) is 0.